The van der Waals surface area contributed by atoms with Crippen LogP contribution in [0.4, 0.5) is 0 Å². The van der Waals surface area contributed by atoms with Crippen LogP contribution in [0.15, 0.2) is 30.0 Å². The van der Waals surface area contributed by atoms with Gasteiger partial charge >= 0.3 is 0 Å². The van der Waals surface area contributed by atoms with Gasteiger partial charge in [0.1, 0.15) is 18.2 Å². The van der Waals surface area contributed by atoms with Crippen LogP contribution in [0.5, 0.6) is 11.5 Å². The molecule has 1 fully saturated rings. The summed E-state index contributed by atoms with van der Waals surface area (Å²) < 4.78 is 11.9. The van der Waals surface area contributed by atoms with Crippen molar-refractivity contribution in [3.05, 3.63) is 62.3 Å². The lowest BCUT2D eigenvalue weighted by Crippen LogP contribution is -2.34. The highest BCUT2D eigenvalue weighted by Crippen LogP contribution is 2.44. The van der Waals surface area contributed by atoms with Crippen molar-refractivity contribution in [3.63, 3.8) is 0 Å². The SMILES string of the molecule is Cc1c2c(cc3c1O/C(=C\c1ccc(Cl)cc1Cl)C3=O)CN(C1CC1)CO2. The van der Waals surface area contributed by atoms with E-state index < -0.39 is 0 Å². The summed E-state index contributed by atoms with van der Waals surface area (Å²) in [6.07, 6.45) is 4.11. The van der Waals surface area contributed by atoms with E-state index in [0.29, 0.717) is 39.7 Å². The summed E-state index contributed by atoms with van der Waals surface area (Å²) in [6, 6.07) is 7.68. The van der Waals surface area contributed by atoms with Crippen LogP contribution in [-0.4, -0.2) is 23.5 Å². The molecule has 1 aliphatic carbocycles. The highest BCUT2D eigenvalue weighted by Gasteiger charge is 2.36. The Hall–Kier alpha value is -2.01. The van der Waals surface area contributed by atoms with Crippen molar-refractivity contribution in [2.75, 3.05) is 6.73 Å². The second-order valence-corrected chi connectivity index (χ2v) is 8.07. The highest BCUT2D eigenvalue weighted by molar-refractivity contribution is 6.35. The number of hydrogen-bond donors (Lipinski definition) is 0. The Morgan fingerprint density at radius 3 is 2.74 bits per heavy atom. The van der Waals surface area contributed by atoms with E-state index in [-0.39, 0.29) is 11.5 Å². The molecular weight excluding hydrogens is 385 g/mol. The number of fused-ring (bicyclic) bond motifs is 2. The predicted octanol–water partition coefficient (Wildman–Crippen LogP) is 5.23. The lowest BCUT2D eigenvalue weighted by atomic mass is 10.00. The molecule has 0 N–H and O–H groups in total. The standard InChI is InChI=1S/C21H17Cl2NO3/c1-11-20-13(9-24(10-26-20)15-4-5-15)6-16-19(25)18(27-21(11)16)7-12-2-3-14(22)8-17(12)23/h2-3,6-8,15H,4-5,9-10H2,1H3/b18-7-. The number of hydrogen-bond acceptors (Lipinski definition) is 4. The van der Waals surface area contributed by atoms with Gasteiger partial charge in [0.15, 0.2) is 5.76 Å². The number of benzene rings is 2. The molecule has 0 unspecified atom stereocenters. The first-order chi connectivity index (χ1) is 13.0. The Morgan fingerprint density at radius 1 is 1.19 bits per heavy atom. The van der Waals surface area contributed by atoms with Crippen molar-refractivity contribution in [2.45, 2.75) is 32.4 Å². The van der Waals surface area contributed by atoms with Crippen molar-refractivity contribution in [2.24, 2.45) is 0 Å². The van der Waals surface area contributed by atoms with Crippen LogP contribution < -0.4 is 9.47 Å². The maximum Gasteiger partial charge on any atom is 0.231 e. The second-order valence-electron chi connectivity index (χ2n) is 7.22. The van der Waals surface area contributed by atoms with Crippen LogP contribution in [0.25, 0.3) is 6.08 Å². The van der Waals surface area contributed by atoms with Gasteiger partial charge in [-0.15, -0.1) is 0 Å². The first-order valence-corrected chi connectivity index (χ1v) is 9.69. The summed E-state index contributed by atoms with van der Waals surface area (Å²) in [5, 5.41) is 1.02. The highest BCUT2D eigenvalue weighted by atomic mass is 35.5. The first kappa shape index (κ1) is 17.1. The Morgan fingerprint density at radius 2 is 2.00 bits per heavy atom. The largest absolute Gasteiger partial charge is 0.477 e. The molecule has 5 rings (SSSR count). The molecule has 6 heteroatoms. The van der Waals surface area contributed by atoms with E-state index in [4.69, 9.17) is 32.7 Å². The third-order valence-corrected chi connectivity index (χ3v) is 5.84. The van der Waals surface area contributed by atoms with Crippen LogP contribution in [0.3, 0.4) is 0 Å². The number of Topliss-reactive ketones (excluding diaryl/α,β-unsaturated/α-hetero) is 1. The number of ketones is 1. The number of ether oxygens (including phenoxy) is 2. The van der Waals surface area contributed by atoms with Gasteiger partial charge in [-0.3, -0.25) is 9.69 Å². The summed E-state index contributed by atoms with van der Waals surface area (Å²) in [4.78, 5) is 15.2. The van der Waals surface area contributed by atoms with Crippen molar-refractivity contribution in [1.82, 2.24) is 4.90 Å². The van der Waals surface area contributed by atoms with Gasteiger partial charge in [0.2, 0.25) is 5.78 Å². The zero-order valence-corrected chi connectivity index (χ0v) is 16.2. The van der Waals surface area contributed by atoms with E-state index in [0.717, 1.165) is 23.4 Å². The van der Waals surface area contributed by atoms with Gasteiger partial charge in [0.05, 0.1) is 5.56 Å². The number of nitrogens with zero attached hydrogens (tertiary/aromatic N) is 1. The third kappa shape index (κ3) is 2.92. The molecule has 1 saturated carbocycles. The summed E-state index contributed by atoms with van der Waals surface area (Å²) in [6.45, 7) is 3.34. The van der Waals surface area contributed by atoms with Gasteiger partial charge < -0.3 is 9.47 Å². The molecular formula is C21H17Cl2NO3. The number of carbonyl (C=O) groups is 1. The molecule has 2 aromatic carbocycles. The number of allylic oxidation sites excluding steroid dienone is 1. The molecule has 0 spiro atoms. The molecule has 2 aromatic rings. The average Bonchev–Trinajstić information content (AvgIpc) is 3.44. The van der Waals surface area contributed by atoms with Crippen LogP contribution >= 0.6 is 23.2 Å². The number of halogens is 2. The molecule has 0 bridgehead atoms. The molecule has 0 radical (unpaired) electrons. The summed E-state index contributed by atoms with van der Waals surface area (Å²) in [7, 11) is 0. The smallest absolute Gasteiger partial charge is 0.231 e. The van der Waals surface area contributed by atoms with Crippen LogP contribution in [0.2, 0.25) is 10.0 Å². The molecule has 0 atom stereocenters. The fourth-order valence-electron chi connectivity index (χ4n) is 3.70. The van der Waals surface area contributed by atoms with Gasteiger partial charge in [-0.05, 0) is 49.6 Å². The molecule has 0 amide bonds. The minimum absolute atomic E-state index is 0.134. The minimum atomic E-state index is -0.134. The molecule has 138 valence electrons. The Bertz CT molecular complexity index is 1010. The second kappa shape index (κ2) is 6.26. The Balaban J connectivity index is 1.52. The number of carbonyl (C=O) groups excluding carboxylic acids is 1. The Kier molecular flexibility index (Phi) is 3.97. The average molecular weight is 402 g/mol. The molecule has 2 aliphatic heterocycles. The normalized spacial score (nSPS) is 20.3. The molecule has 3 aliphatic rings. The van der Waals surface area contributed by atoms with E-state index in [2.05, 4.69) is 4.90 Å². The lowest BCUT2D eigenvalue weighted by Gasteiger charge is -2.30. The molecule has 0 aromatic heterocycles. The quantitative estimate of drug-likeness (QED) is 0.645. The minimum Gasteiger partial charge on any atom is -0.477 e. The van der Waals surface area contributed by atoms with E-state index in [9.17, 15) is 4.79 Å². The molecule has 4 nitrogen and oxygen atoms in total. The predicted molar refractivity (Wildman–Crippen MR) is 105 cm³/mol. The third-order valence-electron chi connectivity index (χ3n) is 5.28. The molecule has 2 heterocycles. The summed E-state index contributed by atoms with van der Waals surface area (Å²) >= 11 is 12.2. The van der Waals surface area contributed by atoms with Gasteiger partial charge in [-0.25, -0.2) is 0 Å². The molecule has 0 saturated heterocycles. The number of rotatable bonds is 2. The van der Waals surface area contributed by atoms with Crippen molar-refractivity contribution in [3.8, 4) is 11.5 Å². The van der Waals surface area contributed by atoms with Crippen molar-refractivity contribution < 1.29 is 14.3 Å². The van der Waals surface area contributed by atoms with Gasteiger partial charge in [-0.2, -0.15) is 0 Å². The van der Waals surface area contributed by atoms with E-state index in [1.165, 1.54) is 12.8 Å². The monoisotopic (exact) mass is 401 g/mol. The van der Waals surface area contributed by atoms with Crippen LogP contribution in [0, 0.1) is 6.92 Å². The molecule has 27 heavy (non-hydrogen) atoms. The fourth-order valence-corrected chi connectivity index (χ4v) is 4.16. The van der Waals surface area contributed by atoms with E-state index >= 15 is 0 Å². The van der Waals surface area contributed by atoms with Crippen molar-refractivity contribution >= 4 is 35.1 Å². The maximum atomic E-state index is 12.9. The van der Waals surface area contributed by atoms with Crippen molar-refractivity contribution in [1.29, 1.82) is 0 Å². The zero-order valence-electron chi connectivity index (χ0n) is 14.7. The first-order valence-electron chi connectivity index (χ1n) is 8.94. The topological polar surface area (TPSA) is 38.8 Å². The maximum absolute atomic E-state index is 12.9. The van der Waals surface area contributed by atoms with Gasteiger partial charge in [-0.1, -0.05) is 29.3 Å². The summed E-state index contributed by atoms with van der Waals surface area (Å²) in [5.41, 5.74) is 3.20. The van der Waals surface area contributed by atoms with Gasteiger partial charge in [0.25, 0.3) is 0 Å². The fraction of sp³-hybridized carbons (Fsp3) is 0.286. The van der Waals surface area contributed by atoms with Crippen LogP contribution in [-0.2, 0) is 6.54 Å². The lowest BCUT2D eigenvalue weighted by molar-refractivity contribution is 0.0872. The Labute approximate surface area is 167 Å². The van der Waals surface area contributed by atoms with Crippen LogP contribution in [0.1, 0.15) is 39.9 Å². The zero-order chi connectivity index (χ0) is 18.7. The van der Waals surface area contributed by atoms with E-state index in [1.807, 2.05) is 13.0 Å². The van der Waals surface area contributed by atoms with Gasteiger partial charge in [0, 0.05) is 33.8 Å². The van der Waals surface area contributed by atoms with E-state index in [1.54, 1.807) is 24.3 Å². The summed E-state index contributed by atoms with van der Waals surface area (Å²) in [5.74, 6) is 1.54.